The lowest BCUT2D eigenvalue weighted by atomic mass is 10.2. The summed E-state index contributed by atoms with van der Waals surface area (Å²) in [6.45, 7) is 1.29. The molecule has 0 saturated carbocycles. The second-order valence-electron chi connectivity index (χ2n) is 4.19. The molecule has 0 atom stereocenters. The van der Waals surface area contributed by atoms with Gasteiger partial charge >= 0.3 is 0 Å². The highest BCUT2D eigenvalue weighted by atomic mass is 32.2. The van der Waals surface area contributed by atoms with Crippen LogP contribution in [0, 0.1) is 0 Å². The van der Waals surface area contributed by atoms with Crippen LogP contribution in [0.2, 0.25) is 0 Å². The molecule has 19 heavy (non-hydrogen) atoms. The zero-order valence-corrected chi connectivity index (χ0v) is 11.4. The highest BCUT2D eigenvalue weighted by Crippen LogP contribution is 2.26. The summed E-state index contributed by atoms with van der Waals surface area (Å²) in [7, 11) is -3.31. The molecule has 0 amide bonds. The van der Waals surface area contributed by atoms with E-state index < -0.39 is 9.84 Å². The molecule has 0 aliphatic rings. The van der Waals surface area contributed by atoms with Gasteiger partial charge in [0.05, 0.1) is 22.8 Å². The molecule has 6 nitrogen and oxygen atoms in total. The largest absolute Gasteiger partial charge is 0.396 e. The van der Waals surface area contributed by atoms with Crippen molar-refractivity contribution in [1.82, 2.24) is 9.78 Å². The topological polar surface area (TPSA) is 90.0 Å². The zero-order chi connectivity index (χ0) is 13.9. The molecule has 1 heterocycles. The minimum Gasteiger partial charge on any atom is -0.396 e. The molecule has 0 aliphatic carbocycles. The van der Waals surface area contributed by atoms with E-state index in [1.54, 1.807) is 23.0 Å². The van der Waals surface area contributed by atoms with Gasteiger partial charge in [0.25, 0.3) is 0 Å². The number of nitrogens with one attached hydrogen (secondary N) is 1. The van der Waals surface area contributed by atoms with Crippen LogP contribution in [0.1, 0.15) is 0 Å². The van der Waals surface area contributed by atoms with Gasteiger partial charge in [-0.3, -0.25) is 4.68 Å². The molecular formula is C12H16N4O2S. The molecule has 0 unspecified atom stereocenters. The van der Waals surface area contributed by atoms with E-state index in [2.05, 4.69) is 10.4 Å². The van der Waals surface area contributed by atoms with E-state index in [0.717, 1.165) is 6.26 Å². The Hall–Kier alpha value is -2.02. The van der Waals surface area contributed by atoms with E-state index in [4.69, 9.17) is 5.73 Å². The smallest absolute Gasteiger partial charge is 0.177 e. The van der Waals surface area contributed by atoms with Gasteiger partial charge in [0.2, 0.25) is 0 Å². The fourth-order valence-corrected chi connectivity index (χ4v) is 2.59. The molecule has 0 fully saturated rings. The maximum atomic E-state index is 11.5. The van der Waals surface area contributed by atoms with Crippen LogP contribution in [0.25, 0.3) is 0 Å². The van der Waals surface area contributed by atoms with Gasteiger partial charge in [-0.1, -0.05) is 6.07 Å². The van der Waals surface area contributed by atoms with Crippen LogP contribution >= 0.6 is 0 Å². The average molecular weight is 280 g/mol. The third-order valence-corrected chi connectivity index (χ3v) is 3.84. The molecular weight excluding hydrogens is 264 g/mol. The number of hydrogen-bond donors (Lipinski definition) is 2. The lowest BCUT2D eigenvalue weighted by Crippen LogP contribution is -2.13. The molecule has 0 radical (unpaired) electrons. The molecule has 0 bridgehead atoms. The molecule has 102 valence electrons. The Bertz CT molecular complexity index is 650. The summed E-state index contributed by atoms with van der Waals surface area (Å²) in [5.41, 5.74) is 6.74. The van der Waals surface area contributed by atoms with E-state index in [9.17, 15) is 8.42 Å². The van der Waals surface area contributed by atoms with Gasteiger partial charge in [0.1, 0.15) is 0 Å². The van der Waals surface area contributed by atoms with E-state index >= 15 is 0 Å². The number of para-hydroxylation sites is 1. The fourth-order valence-electron chi connectivity index (χ4n) is 1.76. The van der Waals surface area contributed by atoms with Gasteiger partial charge in [-0.2, -0.15) is 5.10 Å². The van der Waals surface area contributed by atoms with Gasteiger partial charge in [-0.25, -0.2) is 8.42 Å². The van der Waals surface area contributed by atoms with Gasteiger partial charge in [0, 0.05) is 25.2 Å². The molecule has 2 rings (SSSR count). The van der Waals surface area contributed by atoms with Crippen LogP contribution in [-0.4, -0.2) is 31.0 Å². The number of nitrogens with two attached hydrogens (primary N) is 1. The van der Waals surface area contributed by atoms with Crippen LogP contribution in [0.5, 0.6) is 0 Å². The van der Waals surface area contributed by atoms with Crippen LogP contribution in [0.4, 0.5) is 11.4 Å². The SMILES string of the molecule is CS(=O)(=O)c1cccc(NCCn2cccn2)c1N. The molecule has 0 aliphatic heterocycles. The van der Waals surface area contributed by atoms with E-state index in [-0.39, 0.29) is 10.6 Å². The number of aromatic nitrogens is 2. The van der Waals surface area contributed by atoms with E-state index in [1.807, 2.05) is 12.3 Å². The molecule has 0 spiro atoms. The molecule has 2 aromatic rings. The van der Waals surface area contributed by atoms with Crippen molar-refractivity contribution in [2.45, 2.75) is 11.4 Å². The summed E-state index contributed by atoms with van der Waals surface area (Å²) in [4.78, 5) is 0.150. The summed E-state index contributed by atoms with van der Waals surface area (Å²) in [5.74, 6) is 0. The average Bonchev–Trinajstić information content (AvgIpc) is 2.83. The quantitative estimate of drug-likeness (QED) is 0.797. The monoisotopic (exact) mass is 280 g/mol. The third-order valence-electron chi connectivity index (χ3n) is 2.68. The first-order chi connectivity index (χ1) is 8.98. The second kappa shape index (κ2) is 5.31. The lowest BCUT2D eigenvalue weighted by Gasteiger charge is -2.12. The fraction of sp³-hybridized carbons (Fsp3) is 0.250. The molecule has 3 N–H and O–H groups in total. The highest BCUT2D eigenvalue weighted by Gasteiger charge is 2.13. The second-order valence-corrected chi connectivity index (χ2v) is 6.17. The summed E-state index contributed by atoms with van der Waals surface area (Å²) in [6.07, 6.45) is 4.71. The maximum Gasteiger partial charge on any atom is 0.177 e. The summed E-state index contributed by atoms with van der Waals surface area (Å²) in [5, 5.41) is 7.19. The van der Waals surface area contributed by atoms with Crippen LogP contribution in [0.15, 0.2) is 41.6 Å². The minimum atomic E-state index is -3.31. The molecule has 7 heteroatoms. The van der Waals surface area contributed by atoms with Crippen molar-refractivity contribution in [2.75, 3.05) is 23.9 Å². The Morgan fingerprint density at radius 3 is 2.79 bits per heavy atom. The first-order valence-corrected chi connectivity index (χ1v) is 7.67. The predicted molar refractivity (Wildman–Crippen MR) is 74.7 cm³/mol. The van der Waals surface area contributed by atoms with Gasteiger partial charge < -0.3 is 11.1 Å². The Balaban J connectivity index is 2.09. The summed E-state index contributed by atoms with van der Waals surface area (Å²) in [6, 6.07) is 6.78. The molecule has 1 aromatic heterocycles. The Labute approximate surface area is 112 Å². The van der Waals surface area contributed by atoms with Crippen molar-refractivity contribution in [1.29, 1.82) is 0 Å². The van der Waals surface area contributed by atoms with Gasteiger partial charge in [-0.05, 0) is 18.2 Å². The Morgan fingerprint density at radius 1 is 1.37 bits per heavy atom. The molecule has 1 aromatic carbocycles. The third kappa shape index (κ3) is 3.25. The maximum absolute atomic E-state index is 11.5. The van der Waals surface area contributed by atoms with Crippen molar-refractivity contribution < 1.29 is 8.42 Å². The first kappa shape index (κ1) is 13.4. The van der Waals surface area contributed by atoms with Crippen LogP contribution in [0.3, 0.4) is 0 Å². The number of sulfone groups is 1. The number of rotatable bonds is 5. The predicted octanol–water partition coefficient (Wildman–Crippen LogP) is 0.981. The Kier molecular flexibility index (Phi) is 3.75. The number of anilines is 2. The number of nitrogens with zero attached hydrogens (tertiary/aromatic N) is 2. The summed E-state index contributed by atoms with van der Waals surface area (Å²) >= 11 is 0. The number of benzene rings is 1. The van der Waals surface area contributed by atoms with Crippen LogP contribution in [-0.2, 0) is 16.4 Å². The zero-order valence-electron chi connectivity index (χ0n) is 10.6. The van der Waals surface area contributed by atoms with Gasteiger partial charge in [0.15, 0.2) is 9.84 Å². The van der Waals surface area contributed by atoms with Crippen molar-refractivity contribution in [2.24, 2.45) is 0 Å². The molecule has 0 saturated heterocycles. The van der Waals surface area contributed by atoms with Crippen molar-refractivity contribution in [3.63, 3.8) is 0 Å². The van der Waals surface area contributed by atoms with Crippen LogP contribution < -0.4 is 11.1 Å². The number of nitrogen functional groups attached to an aromatic ring is 1. The normalized spacial score (nSPS) is 11.4. The van der Waals surface area contributed by atoms with E-state index in [0.29, 0.717) is 18.8 Å². The minimum absolute atomic E-state index is 0.150. The van der Waals surface area contributed by atoms with Crippen molar-refractivity contribution >= 4 is 21.2 Å². The lowest BCUT2D eigenvalue weighted by molar-refractivity contribution is 0.602. The Morgan fingerprint density at radius 2 is 2.16 bits per heavy atom. The summed E-state index contributed by atoms with van der Waals surface area (Å²) < 4.78 is 24.9. The van der Waals surface area contributed by atoms with Gasteiger partial charge in [-0.15, -0.1) is 0 Å². The first-order valence-electron chi connectivity index (χ1n) is 5.78. The van der Waals surface area contributed by atoms with E-state index in [1.165, 1.54) is 6.07 Å². The van der Waals surface area contributed by atoms with Crippen molar-refractivity contribution in [3.8, 4) is 0 Å². The number of hydrogen-bond acceptors (Lipinski definition) is 5. The highest BCUT2D eigenvalue weighted by molar-refractivity contribution is 7.90. The standard InChI is InChI=1S/C12H16N4O2S/c1-19(17,18)11-5-2-4-10(12(11)13)14-7-9-16-8-3-6-15-16/h2-6,8,14H,7,9,13H2,1H3. The van der Waals surface area contributed by atoms with Crippen molar-refractivity contribution in [3.05, 3.63) is 36.7 Å².